The van der Waals surface area contributed by atoms with Crippen LogP contribution in [0.25, 0.3) is 0 Å². The average molecular weight is 273 g/mol. The van der Waals surface area contributed by atoms with Crippen LogP contribution in [0.5, 0.6) is 0 Å². The van der Waals surface area contributed by atoms with Crippen molar-refractivity contribution in [1.82, 2.24) is 9.55 Å². The minimum Gasteiger partial charge on any atom is -0.335 e. The van der Waals surface area contributed by atoms with E-state index in [1.165, 1.54) is 43.7 Å². The second-order valence-corrected chi connectivity index (χ2v) is 7.57. The molecule has 4 saturated carbocycles. The molecule has 0 aromatic carbocycles. The lowest BCUT2D eigenvalue weighted by Gasteiger charge is -2.54. The van der Waals surface area contributed by atoms with Crippen LogP contribution in [-0.2, 0) is 13.0 Å². The third kappa shape index (κ3) is 2.11. The number of hydrogen-bond donors (Lipinski definition) is 1. The van der Waals surface area contributed by atoms with Gasteiger partial charge in [-0.25, -0.2) is 4.98 Å². The van der Waals surface area contributed by atoms with Crippen LogP contribution < -0.4 is 5.73 Å². The molecule has 0 atom stereocenters. The van der Waals surface area contributed by atoms with Crippen molar-refractivity contribution in [1.29, 1.82) is 0 Å². The van der Waals surface area contributed by atoms with Gasteiger partial charge in [0.1, 0.15) is 5.82 Å². The molecule has 0 saturated heterocycles. The molecular weight excluding hydrogens is 246 g/mol. The smallest absolute Gasteiger partial charge is 0.105 e. The molecule has 0 spiro atoms. The summed E-state index contributed by atoms with van der Waals surface area (Å²) in [6, 6.07) is 0. The van der Waals surface area contributed by atoms with E-state index in [-0.39, 0.29) is 0 Å². The number of aryl methyl sites for hydroxylation is 1. The SMILES string of the molecule is Cc1nc(CCN)cn1CC1C2CC3CC(C2)CC1C3. The topological polar surface area (TPSA) is 43.8 Å². The Balaban J connectivity index is 1.51. The Labute approximate surface area is 122 Å². The molecule has 2 N–H and O–H groups in total. The molecule has 1 aromatic heterocycles. The van der Waals surface area contributed by atoms with E-state index >= 15 is 0 Å². The largest absolute Gasteiger partial charge is 0.335 e. The summed E-state index contributed by atoms with van der Waals surface area (Å²) in [5.74, 6) is 6.26. The fourth-order valence-electron chi connectivity index (χ4n) is 5.59. The van der Waals surface area contributed by atoms with Gasteiger partial charge in [-0.1, -0.05) is 0 Å². The van der Waals surface area contributed by atoms with E-state index in [0.717, 1.165) is 36.0 Å². The van der Waals surface area contributed by atoms with Gasteiger partial charge in [0.2, 0.25) is 0 Å². The minimum absolute atomic E-state index is 0.703. The van der Waals surface area contributed by atoms with Crippen molar-refractivity contribution in [2.24, 2.45) is 35.3 Å². The Hall–Kier alpha value is -0.830. The first-order valence-corrected chi connectivity index (χ1v) is 8.45. The van der Waals surface area contributed by atoms with Gasteiger partial charge in [-0.3, -0.25) is 0 Å². The summed E-state index contributed by atoms with van der Waals surface area (Å²) in [7, 11) is 0. The fraction of sp³-hybridized carbons (Fsp3) is 0.824. The first-order chi connectivity index (χ1) is 9.72. The zero-order valence-corrected chi connectivity index (χ0v) is 12.6. The number of hydrogen-bond acceptors (Lipinski definition) is 2. The van der Waals surface area contributed by atoms with E-state index < -0.39 is 0 Å². The Morgan fingerprint density at radius 1 is 1.15 bits per heavy atom. The van der Waals surface area contributed by atoms with Gasteiger partial charge in [-0.2, -0.15) is 0 Å². The van der Waals surface area contributed by atoms with Crippen molar-refractivity contribution >= 4 is 0 Å². The van der Waals surface area contributed by atoms with Crippen LogP contribution in [0.4, 0.5) is 0 Å². The van der Waals surface area contributed by atoms with Gasteiger partial charge >= 0.3 is 0 Å². The number of aromatic nitrogens is 2. The molecule has 20 heavy (non-hydrogen) atoms. The molecule has 0 aliphatic heterocycles. The molecule has 3 nitrogen and oxygen atoms in total. The van der Waals surface area contributed by atoms with E-state index in [4.69, 9.17) is 5.73 Å². The van der Waals surface area contributed by atoms with Crippen LogP contribution in [0.3, 0.4) is 0 Å². The van der Waals surface area contributed by atoms with Gasteiger partial charge in [-0.15, -0.1) is 0 Å². The van der Waals surface area contributed by atoms with Crippen LogP contribution in [0.2, 0.25) is 0 Å². The van der Waals surface area contributed by atoms with Crippen LogP contribution in [0.1, 0.15) is 43.6 Å². The third-order valence-electron chi connectivity index (χ3n) is 6.26. The molecule has 0 unspecified atom stereocenters. The standard InChI is InChI=1S/C17H27N3/c1-11-19-16(2-3-18)9-20(11)10-17-14-5-12-4-13(7-14)8-15(17)6-12/h9,12-15,17H,2-8,10,18H2,1H3. The lowest BCUT2D eigenvalue weighted by molar-refractivity contribution is -0.0432. The second kappa shape index (κ2) is 4.87. The molecule has 1 aromatic rings. The molecule has 3 heteroatoms. The van der Waals surface area contributed by atoms with E-state index in [0.29, 0.717) is 6.54 Å². The highest BCUT2D eigenvalue weighted by Crippen LogP contribution is 2.56. The number of rotatable bonds is 4. The summed E-state index contributed by atoms with van der Waals surface area (Å²) in [6.07, 6.45) is 10.8. The predicted octanol–water partition coefficient (Wildman–Crippen LogP) is 2.77. The Morgan fingerprint density at radius 3 is 2.40 bits per heavy atom. The number of nitrogens with two attached hydrogens (primary N) is 1. The number of nitrogens with zero attached hydrogens (tertiary/aromatic N) is 2. The maximum Gasteiger partial charge on any atom is 0.105 e. The molecule has 4 fully saturated rings. The Kier molecular flexibility index (Phi) is 3.13. The minimum atomic E-state index is 0.703. The summed E-state index contributed by atoms with van der Waals surface area (Å²) in [5, 5.41) is 0. The first-order valence-electron chi connectivity index (χ1n) is 8.45. The van der Waals surface area contributed by atoms with Crippen LogP contribution in [-0.4, -0.2) is 16.1 Å². The molecule has 4 aliphatic carbocycles. The van der Waals surface area contributed by atoms with Gasteiger partial charge in [0.25, 0.3) is 0 Å². The zero-order valence-electron chi connectivity index (χ0n) is 12.6. The summed E-state index contributed by atoms with van der Waals surface area (Å²) in [5.41, 5.74) is 6.82. The van der Waals surface area contributed by atoms with Crippen LogP contribution in [0.15, 0.2) is 6.20 Å². The second-order valence-electron chi connectivity index (χ2n) is 7.57. The molecule has 1 heterocycles. The fourth-order valence-corrected chi connectivity index (χ4v) is 5.59. The summed E-state index contributed by atoms with van der Waals surface area (Å²) < 4.78 is 2.41. The quantitative estimate of drug-likeness (QED) is 0.916. The molecular formula is C17H27N3. The molecule has 110 valence electrons. The van der Waals surface area contributed by atoms with Crippen LogP contribution in [0, 0.1) is 36.5 Å². The lowest BCUT2D eigenvalue weighted by atomic mass is 9.52. The highest BCUT2D eigenvalue weighted by molar-refractivity contribution is 5.05. The highest BCUT2D eigenvalue weighted by atomic mass is 15.1. The van der Waals surface area contributed by atoms with E-state index in [1.54, 1.807) is 6.42 Å². The Morgan fingerprint density at radius 2 is 1.80 bits per heavy atom. The van der Waals surface area contributed by atoms with Crippen LogP contribution >= 0.6 is 0 Å². The molecule has 4 aliphatic rings. The van der Waals surface area contributed by atoms with Gasteiger partial charge in [0.15, 0.2) is 0 Å². The van der Waals surface area contributed by atoms with Crippen molar-refractivity contribution in [2.45, 2.75) is 52.0 Å². The summed E-state index contributed by atoms with van der Waals surface area (Å²) in [4.78, 5) is 4.67. The van der Waals surface area contributed by atoms with Gasteiger partial charge in [0.05, 0.1) is 5.69 Å². The van der Waals surface area contributed by atoms with Gasteiger partial charge in [-0.05, 0) is 75.2 Å². The molecule has 0 amide bonds. The van der Waals surface area contributed by atoms with Crippen molar-refractivity contribution in [3.8, 4) is 0 Å². The summed E-state index contributed by atoms with van der Waals surface area (Å²) >= 11 is 0. The summed E-state index contributed by atoms with van der Waals surface area (Å²) in [6.45, 7) is 4.06. The predicted molar refractivity (Wildman–Crippen MR) is 80.3 cm³/mol. The zero-order chi connectivity index (χ0) is 13.7. The van der Waals surface area contributed by atoms with Gasteiger partial charge in [0, 0.05) is 19.2 Å². The molecule has 5 rings (SSSR count). The average Bonchev–Trinajstić information content (AvgIpc) is 2.74. The normalized spacial score (nSPS) is 38.6. The van der Waals surface area contributed by atoms with E-state index in [2.05, 4.69) is 22.7 Å². The van der Waals surface area contributed by atoms with Gasteiger partial charge < -0.3 is 10.3 Å². The third-order valence-corrected chi connectivity index (χ3v) is 6.26. The molecule has 4 bridgehead atoms. The van der Waals surface area contributed by atoms with Crippen molar-refractivity contribution in [3.63, 3.8) is 0 Å². The monoisotopic (exact) mass is 273 g/mol. The first kappa shape index (κ1) is 12.9. The van der Waals surface area contributed by atoms with Crippen molar-refractivity contribution < 1.29 is 0 Å². The maximum atomic E-state index is 5.65. The van der Waals surface area contributed by atoms with E-state index in [9.17, 15) is 0 Å². The van der Waals surface area contributed by atoms with E-state index in [1.807, 2.05) is 0 Å². The Bertz CT molecular complexity index is 462. The number of imidazole rings is 1. The van der Waals surface area contributed by atoms with Crippen molar-refractivity contribution in [3.05, 3.63) is 17.7 Å². The molecule has 0 radical (unpaired) electrons. The van der Waals surface area contributed by atoms with Crippen molar-refractivity contribution in [2.75, 3.05) is 6.54 Å². The highest BCUT2D eigenvalue weighted by Gasteiger charge is 2.48. The lowest BCUT2D eigenvalue weighted by Crippen LogP contribution is -2.46. The maximum absolute atomic E-state index is 5.65.